The van der Waals surface area contributed by atoms with E-state index >= 15 is 0 Å². The number of rotatable bonds is 7. The molecule has 0 saturated heterocycles. The SMILES string of the molecule is COCCCNC(=O)/C(C#N)=C/c1c(C)nn(-c2ccccc2)c1Cl. The lowest BCUT2D eigenvalue weighted by Gasteiger charge is -2.04. The number of halogens is 1. The van der Waals surface area contributed by atoms with Crippen LogP contribution in [0, 0.1) is 18.3 Å². The lowest BCUT2D eigenvalue weighted by atomic mass is 10.1. The van der Waals surface area contributed by atoms with Gasteiger partial charge in [-0.15, -0.1) is 0 Å². The Balaban J connectivity index is 2.25. The number of nitrogens with one attached hydrogen (secondary N) is 1. The molecule has 1 heterocycles. The van der Waals surface area contributed by atoms with E-state index in [-0.39, 0.29) is 5.57 Å². The second-order valence-electron chi connectivity index (χ2n) is 5.31. The van der Waals surface area contributed by atoms with Gasteiger partial charge in [-0.05, 0) is 31.6 Å². The largest absolute Gasteiger partial charge is 0.385 e. The number of carbonyl (C=O) groups is 1. The molecule has 7 heteroatoms. The Bertz CT molecular complexity index is 806. The van der Waals surface area contributed by atoms with Crippen LogP contribution in [0.4, 0.5) is 0 Å². The number of nitriles is 1. The molecule has 0 aliphatic heterocycles. The lowest BCUT2D eigenvalue weighted by molar-refractivity contribution is -0.117. The van der Waals surface area contributed by atoms with Crippen molar-refractivity contribution in [2.45, 2.75) is 13.3 Å². The molecule has 1 N–H and O–H groups in total. The third-order valence-corrected chi connectivity index (χ3v) is 3.88. The van der Waals surface area contributed by atoms with Crippen molar-refractivity contribution in [3.8, 4) is 11.8 Å². The molecule has 0 spiro atoms. The number of hydrogen-bond donors (Lipinski definition) is 1. The van der Waals surface area contributed by atoms with Crippen molar-refractivity contribution in [3.63, 3.8) is 0 Å². The zero-order chi connectivity index (χ0) is 18.2. The van der Waals surface area contributed by atoms with E-state index in [1.165, 1.54) is 6.08 Å². The summed E-state index contributed by atoms with van der Waals surface area (Å²) in [4.78, 5) is 12.1. The number of hydrogen-bond acceptors (Lipinski definition) is 4. The summed E-state index contributed by atoms with van der Waals surface area (Å²) in [5, 5.41) is 16.7. The summed E-state index contributed by atoms with van der Waals surface area (Å²) in [6.07, 6.45) is 2.14. The Kier molecular flexibility index (Phi) is 6.75. The van der Waals surface area contributed by atoms with E-state index in [1.54, 1.807) is 18.7 Å². The quantitative estimate of drug-likeness (QED) is 0.469. The number of methoxy groups -OCH3 is 1. The van der Waals surface area contributed by atoms with Crippen molar-refractivity contribution >= 4 is 23.6 Å². The second kappa shape index (κ2) is 9.02. The second-order valence-corrected chi connectivity index (χ2v) is 5.67. The van der Waals surface area contributed by atoms with Crippen molar-refractivity contribution in [1.29, 1.82) is 5.26 Å². The molecule has 130 valence electrons. The van der Waals surface area contributed by atoms with Crippen LogP contribution in [0.1, 0.15) is 17.7 Å². The van der Waals surface area contributed by atoms with E-state index in [4.69, 9.17) is 16.3 Å². The van der Waals surface area contributed by atoms with Crippen molar-refractivity contribution < 1.29 is 9.53 Å². The fourth-order valence-electron chi connectivity index (χ4n) is 2.22. The maximum atomic E-state index is 12.1. The molecule has 0 fully saturated rings. The number of amides is 1. The summed E-state index contributed by atoms with van der Waals surface area (Å²) in [6.45, 7) is 2.75. The van der Waals surface area contributed by atoms with Gasteiger partial charge in [0.1, 0.15) is 16.8 Å². The van der Waals surface area contributed by atoms with E-state index in [1.807, 2.05) is 36.4 Å². The van der Waals surface area contributed by atoms with Crippen LogP contribution in [0.2, 0.25) is 5.15 Å². The predicted molar refractivity (Wildman–Crippen MR) is 96.4 cm³/mol. The molecule has 1 aromatic carbocycles. The Labute approximate surface area is 151 Å². The molecule has 1 amide bonds. The first-order valence-electron chi connectivity index (χ1n) is 7.78. The van der Waals surface area contributed by atoms with Gasteiger partial charge in [0.15, 0.2) is 0 Å². The molecule has 25 heavy (non-hydrogen) atoms. The molecular weight excluding hydrogens is 340 g/mol. The van der Waals surface area contributed by atoms with E-state index in [2.05, 4.69) is 10.4 Å². The first kappa shape index (κ1) is 18.7. The molecule has 0 radical (unpaired) electrons. The average Bonchev–Trinajstić information content (AvgIpc) is 2.91. The van der Waals surface area contributed by atoms with Gasteiger partial charge in [-0.2, -0.15) is 10.4 Å². The molecule has 2 rings (SSSR count). The van der Waals surface area contributed by atoms with Crippen LogP contribution in [0.15, 0.2) is 35.9 Å². The molecule has 0 aliphatic rings. The van der Waals surface area contributed by atoms with Gasteiger partial charge >= 0.3 is 0 Å². The number of aryl methyl sites for hydroxylation is 1. The number of para-hydroxylation sites is 1. The third-order valence-electron chi connectivity index (χ3n) is 3.51. The predicted octanol–water partition coefficient (Wildman–Crippen LogP) is 2.89. The van der Waals surface area contributed by atoms with Crippen LogP contribution in [-0.2, 0) is 9.53 Å². The molecule has 0 unspecified atom stereocenters. The molecule has 0 bridgehead atoms. The van der Waals surface area contributed by atoms with Crippen LogP contribution in [-0.4, -0.2) is 35.9 Å². The zero-order valence-corrected chi connectivity index (χ0v) is 14.9. The van der Waals surface area contributed by atoms with Gasteiger partial charge in [0.05, 0.1) is 11.4 Å². The van der Waals surface area contributed by atoms with Gasteiger partial charge in [0.25, 0.3) is 5.91 Å². The van der Waals surface area contributed by atoms with E-state index in [0.29, 0.717) is 36.0 Å². The summed E-state index contributed by atoms with van der Waals surface area (Å²) < 4.78 is 6.50. The van der Waals surface area contributed by atoms with Gasteiger partial charge < -0.3 is 10.1 Å². The minimum atomic E-state index is -0.443. The summed E-state index contributed by atoms with van der Waals surface area (Å²) in [5.74, 6) is -0.443. The van der Waals surface area contributed by atoms with E-state index in [9.17, 15) is 10.1 Å². The highest BCUT2D eigenvalue weighted by Crippen LogP contribution is 2.25. The van der Waals surface area contributed by atoms with Crippen LogP contribution in [0.25, 0.3) is 11.8 Å². The van der Waals surface area contributed by atoms with Crippen LogP contribution >= 0.6 is 11.6 Å². The van der Waals surface area contributed by atoms with Gasteiger partial charge in [-0.25, -0.2) is 4.68 Å². The number of aromatic nitrogens is 2. The van der Waals surface area contributed by atoms with E-state index < -0.39 is 5.91 Å². The topological polar surface area (TPSA) is 79.9 Å². The maximum absolute atomic E-state index is 12.1. The Hall–Kier alpha value is -2.62. The van der Waals surface area contributed by atoms with Crippen molar-refractivity contribution in [2.24, 2.45) is 0 Å². The third kappa shape index (κ3) is 4.69. The molecule has 0 atom stereocenters. The monoisotopic (exact) mass is 358 g/mol. The highest BCUT2D eigenvalue weighted by molar-refractivity contribution is 6.31. The van der Waals surface area contributed by atoms with Crippen molar-refractivity contribution in [1.82, 2.24) is 15.1 Å². The summed E-state index contributed by atoms with van der Waals surface area (Å²) in [7, 11) is 1.59. The molecule has 2 aromatic rings. The Morgan fingerprint density at radius 1 is 1.44 bits per heavy atom. The number of benzene rings is 1. The maximum Gasteiger partial charge on any atom is 0.261 e. The number of ether oxygens (including phenoxy) is 1. The average molecular weight is 359 g/mol. The number of nitrogens with zero attached hydrogens (tertiary/aromatic N) is 3. The summed E-state index contributed by atoms with van der Waals surface area (Å²) >= 11 is 6.41. The van der Waals surface area contributed by atoms with Gasteiger partial charge in [-0.1, -0.05) is 29.8 Å². The van der Waals surface area contributed by atoms with Gasteiger partial charge in [0.2, 0.25) is 0 Å². The normalized spacial score (nSPS) is 11.2. The minimum Gasteiger partial charge on any atom is -0.385 e. The van der Waals surface area contributed by atoms with Crippen molar-refractivity contribution in [2.75, 3.05) is 20.3 Å². The van der Waals surface area contributed by atoms with Crippen molar-refractivity contribution in [3.05, 3.63) is 52.3 Å². The molecule has 1 aromatic heterocycles. The van der Waals surface area contributed by atoms with Gasteiger partial charge in [-0.3, -0.25) is 4.79 Å². The summed E-state index contributed by atoms with van der Waals surface area (Å²) in [6, 6.07) is 11.3. The molecular formula is C18H19ClN4O2. The van der Waals surface area contributed by atoms with Crippen LogP contribution in [0.5, 0.6) is 0 Å². The fraction of sp³-hybridized carbons (Fsp3) is 0.278. The number of carbonyl (C=O) groups excluding carboxylic acids is 1. The first-order chi connectivity index (χ1) is 12.1. The Morgan fingerprint density at radius 3 is 2.80 bits per heavy atom. The zero-order valence-electron chi connectivity index (χ0n) is 14.1. The minimum absolute atomic E-state index is 0.0185. The van der Waals surface area contributed by atoms with Crippen LogP contribution < -0.4 is 5.32 Å². The van der Waals surface area contributed by atoms with E-state index in [0.717, 1.165) is 5.69 Å². The van der Waals surface area contributed by atoms with Gasteiger partial charge in [0, 0.05) is 25.8 Å². The highest BCUT2D eigenvalue weighted by atomic mass is 35.5. The molecule has 0 saturated carbocycles. The Morgan fingerprint density at radius 2 is 2.16 bits per heavy atom. The van der Waals surface area contributed by atoms with Crippen LogP contribution in [0.3, 0.4) is 0 Å². The standard InChI is InChI=1S/C18H19ClN4O2/c1-13-16(11-14(12-20)18(24)21-9-6-10-25-2)17(19)23(22-13)15-7-4-3-5-8-15/h3-5,7-8,11H,6,9-10H2,1-2H3,(H,21,24)/b14-11+. The highest BCUT2D eigenvalue weighted by Gasteiger charge is 2.16. The molecule has 0 aliphatic carbocycles. The lowest BCUT2D eigenvalue weighted by Crippen LogP contribution is -2.26. The molecule has 6 nitrogen and oxygen atoms in total. The summed E-state index contributed by atoms with van der Waals surface area (Å²) in [5.41, 5.74) is 1.97. The fourth-order valence-corrected chi connectivity index (χ4v) is 2.55. The smallest absolute Gasteiger partial charge is 0.261 e. The first-order valence-corrected chi connectivity index (χ1v) is 8.15.